The first-order valence-electron chi connectivity index (χ1n) is 8.07. The highest BCUT2D eigenvalue weighted by Gasteiger charge is 2.64. The number of piperazine rings is 2. The lowest BCUT2D eigenvalue weighted by atomic mass is 9.79. The third kappa shape index (κ3) is 1.39. The zero-order valence-electron chi connectivity index (χ0n) is 12.7. The van der Waals surface area contributed by atoms with Crippen LogP contribution in [0.1, 0.15) is 27.2 Å². The maximum atomic E-state index is 2.79. The molecule has 108 valence electrons. The molecular weight excluding hydrogens is 236 g/mol. The van der Waals surface area contributed by atoms with Gasteiger partial charge in [0.15, 0.2) is 0 Å². The van der Waals surface area contributed by atoms with E-state index in [1.165, 1.54) is 58.8 Å². The smallest absolute Gasteiger partial charge is 0.103 e. The van der Waals surface area contributed by atoms with Crippen LogP contribution in [-0.2, 0) is 0 Å². The summed E-state index contributed by atoms with van der Waals surface area (Å²) in [6.45, 7) is 17.6. The summed E-state index contributed by atoms with van der Waals surface area (Å²) in [6, 6.07) is 0. The summed E-state index contributed by atoms with van der Waals surface area (Å²) in [5.74, 6) is 0.818. The van der Waals surface area contributed by atoms with Gasteiger partial charge in [-0.2, -0.15) is 0 Å². The van der Waals surface area contributed by atoms with Crippen molar-refractivity contribution in [1.29, 1.82) is 0 Å². The third-order valence-corrected chi connectivity index (χ3v) is 6.56. The van der Waals surface area contributed by atoms with Crippen LogP contribution in [0.25, 0.3) is 0 Å². The van der Waals surface area contributed by atoms with Crippen molar-refractivity contribution in [3.63, 3.8) is 0 Å². The maximum absolute atomic E-state index is 2.79. The Labute approximate surface area is 117 Å². The van der Waals surface area contributed by atoms with E-state index in [4.69, 9.17) is 0 Å². The lowest BCUT2D eigenvalue weighted by molar-refractivity contribution is -0.291. The van der Waals surface area contributed by atoms with Gasteiger partial charge in [0.05, 0.1) is 0 Å². The van der Waals surface area contributed by atoms with E-state index in [-0.39, 0.29) is 11.3 Å². The molecule has 0 spiro atoms. The standard InChI is InChI=1S/C15H28N4/c1-13-11-18-9-7-16-5-4-6-17-8-10-19(12-13)15(18,3)14(16,17)2/h13H,4-12H2,1-3H3. The van der Waals surface area contributed by atoms with Gasteiger partial charge in [-0.15, -0.1) is 0 Å². The van der Waals surface area contributed by atoms with Crippen LogP contribution in [0.5, 0.6) is 0 Å². The summed E-state index contributed by atoms with van der Waals surface area (Å²) in [6.07, 6.45) is 1.35. The number of hydrogen-bond acceptors (Lipinski definition) is 4. The van der Waals surface area contributed by atoms with Crippen LogP contribution >= 0.6 is 0 Å². The van der Waals surface area contributed by atoms with Gasteiger partial charge in [-0.25, -0.2) is 0 Å². The Bertz CT molecular complexity index is 356. The quantitative estimate of drug-likeness (QED) is 0.639. The van der Waals surface area contributed by atoms with Crippen molar-refractivity contribution in [2.75, 3.05) is 52.4 Å². The molecule has 0 unspecified atom stereocenters. The Hall–Kier alpha value is -0.160. The zero-order chi connectivity index (χ0) is 13.3. The molecule has 0 aromatic heterocycles. The SMILES string of the molecule is CC1CN2CCN3CCCN4CCN(C1)C2(C)C34C. The average Bonchev–Trinajstić information content (AvgIpc) is 2.37. The molecule has 0 aliphatic carbocycles. The van der Waals surface area contributed by atoms with E-state index >= 15 is 0 Å². The summed E-state index contributed by atoms with van der Waals surface area (Å²) in [4.78, 5) is 11.1. The predicted molar refractivity (Wildman–Crippen MR) is 76.9 cm³/mol. The van der Waals surface area contributed by atoms with E-state index < -0.39 is 0 Å². The second-order valence-electron chi connectivity index (χ2n) is 7.37. The molecule has 4 heteroatoms. The fraction of sp³-hybridized carbons (Fsp3) is 1.00. The molecule has 4 rings (SSSR count). The fourth-order valence-corrected chi connectivity index (χ4v) is 5.41. The van der Waals surface area contributed by atoms with E-state index in [9.17, 15) is 0 Å². The minimum Gasteiger partial charge on any atom is -0.282 e. The van der Waals surface area contributed by atoms with Crippen molar-refractivity contribution in [2.24, 2.45) is 5.92 Å². The summed E-state index contributed by atoms with van der Waals surface area (Å²) in [5.41, 5.74) is 0.443. The van der Waals surface area contributed by atoms with Crippen molar-refractivity contribution < 1.29 is 0 Å². The van der Waals surface area contributed by atoms with Crippen LogP contribution in [0.3, 0.4) is 0 Å². The van der Waals surface area contributed by atoms with Gasteiger partial charge >= 0.3 is 0 Å². The first-order valence-corrected chi connectivity index (χ1v) is 8.07. The molecule has 0 bridgehead atoms. The molecule has 0 aromatic carbocycles. The highest BCUT2D eigenvalue weighted by atomic mass is 15.6. The van der Waals surface area contributed by atoms with Gasteiger partial charge in [0, 0.05) is 52.4 Å². The van der Waals surface area contributed by atoms with Gasteiger partial charge in [0.25, 0.3) is 0 Å². The molecular formula is C15H28N4. The zero-order valence-corrected chi connectivity index (χ0v) is 12.7. The molecule has 0 atom stereocenters. The lowest BCUT2D eigenvalue weighted by Crippen LogP contribution is -2.89. The largest absolute Gasteiger partial charge is 0.282 e. The van der Waals surface area contributed by atoms with Gasteiger partial charge in [-0.3, -0.25) is 19.6 Å². The number of rotatable bonds is 0. The molecule has 4 aliphatic rings. The normalized spacial score (nSPS) is 49.1. The van der Waals surface area contributed by atoms with Crippen LogP contribution in [-0.4, -0.2) is 83.3 Å². The molecule has 0 N–H and O–H groups in total. The van der Waals surface area contributed by atoms with Gasteiger partial charge in [-0.05, 0) is 26.2 Å². The molecule has 4 aliphatic heterocycles. The predicted octanol–water partition coefficient (Wildman–Crippen LogP) is 0.707. The van der Waals surface area contributed by atoms with Crippen LogP contribution in [0.2, 0.25) is 0 Å². The van der Waals surface area contributed by atoms with Crippen LogP contribution in [0, 0.1) is 5.92 Å². The first-order chi connectivity index (χ1) is 9.06. The highest BCUT2D eigenvalue weighted by Crippen LogP contribution is 2.48. The second-order valence-corrected chi connectivity index (χ2v) is 7.37. The fourth-order valence-electron chi connectivity index (χ4n) is 5.41. The number of nitrogens with zero attached hydrogens (tertiary/aromatic N) is 4. The molecule has 4 heterocycles. The molecule has 4 nitrogen and oxygen atoms in total. The van der Waals surface area contributed by atoms with E-state index in [0.29, 0.717) is 0 Å². The van der Waals surface area contributed by atoms with Crippen LogP contribution in [0.15, 0.2) is 0 Å². The molecule has 0 amide bonds. The van der Waals surface area contributed by atoms with Crippen molar-refractivity contribution in [1.82, 2.24) is 19.6 Å². The average molecular weight is 264 g/mol. The van der Waals surface area contributed by atoms with Crippen molar-refractivity contribution >= 4 is 0 Å². The summed E-state index contributed by atoms with van der Waals surface area (Å²) in [5, 5.41) is 0. The third-order valence-electron chi connectivity index (χ3n) is 6.56. The minimum atomic E-state index is 0.219. The molecule has 4 saturated heterocycles. The van der Waals surface area contributed by atoms with E-state index in [1.54, 1.807) is 0 Å². The van der Waals surface area contributed by atoms with Gasteiger partial charge in [0.2, 0.25) is 0 Å². The molecule has 0 radical (unpaired) electrons. The van der Waals surface area contributed by atoms with Crippen molar-refractivity contribution in [3.05, 3.63) is 0 Å². The topological polar surface area (TPSA) is 13.0 Å². The monoisotopic (exact) mass is 264 g/mol. The Morgan fingerprint density at radius 3 is 1.63 bits per heavy atom. The molecule has 19 heavy (non-hydrogen) atoms. The second kappa shape index (κ2) is 3.94. The Balaban J connectivity index is 1.80. The summed E-state index contributed by atoms with van der Waals surface area (Å²) in [7, 11) is 0. The Morgan fingerprint density at radius 1 is 0.684 bits per heavy atom. The van der Waals surface area contributed by atoms with Gasteiger partial charge < -0.3 is 0 Å². The highest BCUT2D eigenvalue weighted by molar-refractivity contribution is 5.15. The summed E-state index contributed by atoms with van der Waals surface area (Å²) >= 11 is 0. The first kappa shape index (κ1) is 12.6. The van der Waals surface area contributed by atoms with Crippen molar-refractivity contribution in [3.8, 4) is 0 Å². The lowest BCUT2D eigenvalue weighted by Gasteiger charge is -2.73. The maximum Gasteiger partial charge on any atom is 0.103 e. The minimum absolute atomic E-state index is 0.219. The van der Waals surface area contributed by atoms with E-state index in [1.807, 2.05) is 0 Å². The van der Waals surface area contributed by atoms with Crippen LogP contribution in [0.4, 0.5) is 0 Å². The Morgan fingerprint density at radius 2 is 1.11 bits per heavy atom. The molecule has 4 fully saturated rings. The van der Waals surface area contributed by atoms with E-state index in [0.717, 1.165) is 5.92 Å². The van der Waals surface area contributed by atoms with E-state index in [2.05, 4.69) is 40.4 Å². The Kier molecular flexibility index (Phi) is 2.61. The van der Waals surface area contributed by atoms with Crippen molar-refractivity contribution in [2.45, 2.75) is 38.5 Å². The molecule has 0 saturated carbocycles. The molecule has 0 aromatic rings. The summed E-state index contributed by atoms with van der Waals surface area (Å²) < 4.78 is 0. The van der Waals surface area contributed by atoms with Gasteiger partial charge in [-0.1, -0.05) is 6.92 Å². The number of hydrogen-bond donors (Lipinski definition) is 0. The van der Waals surface area contributed by atoms with Crippen LogP contribution < -0.4 is 0 Å². The van der Waals surface area contributed by atoms with Gasteiger partial charge in [0.1, 0.15) is 11.3 Å².